The van der Waals surface area contributed by atoms with Crippen LogP contribution in [0.4, 0.5) is 0 Å². The Morgan fingerprint density at radius 3 is 2.94 bits per heavy atom. The average Bonchev–Trinajstić information content (AvgIpc) is 2.74. The maximum absolute atomic E-state index is 12.3. The number of aliphatic hydroxyl groups is 1. The Labute approximate surface area is 113 Å². The SMILES string of the molecule is CC(O)CN(C)S(=O)(=O)c1c(Cl)nc2sccn12. The lowest BCUT2D eigenvalue weighted by molar-refractivity contribution is 0.171. The number of hydrogen-bond donors (Lipinski definition) is 1. The maximum atomic E-state index is 12.3. The van der Waals surface area contributed by atoms with Crippen LogP contribution in [0.5, 0.6) is 0 Å². The fourth-order valence-corrected chi connectivity index (χ4v) is 4.23. The summed E-state index contributed by atoms with van der Waals surface area (Å²) in [6, 6.07) is 0. The molecule has 0 saturated heterocycles. The monoisotopic (exact) mass is 309 g/mol. The largest absolute Gasteiger partial charge is 0.392 e. The van der Waals surface area contributed by atoms with E-state index in [2.05, 4.69) is 4.98 Å². The zero-order valence-electron chi connectivity index (χ0n) is 9.74. The Hall–Kier alpha value is -0.670. The number of rotatable bonds is 4. The Morgan fingerprint density at radius 1 is 1.67 bits per heavy atom. The van der Waals surface area contributed by atoms with Gasteiger partial charge in [-0.25, -0.2) is 13.4 Å². The standard InChI is InChI=1S/C9H12ClN3O3S2/c1-6(14)5-12(2)18(15,16)8-7(10)11-9-13(8)3-4-17-9/h3-4,6,14H,5H2,1-2H3. The first-order valence-electron chi connectivity index (χ1n) is 5.09. The Kier molecular flexibility index (Phi) is 3.65. The predicted molar refractivity (Wildman–Crippen MR) is 69.6 cm³/mol. The van der Waals surface area contributed by atoms with Gasteiger partial charge in [-0.1, -0.05) is 11.6 Å². The predicted octanol–water partition coefficient (Wildman–Crippen LogP) is 1.05. The molecule has 0 saturated carbocycles. The van der Waals surface area contributed by atoms with Gasteiger partial charge in [0.2, 0.25) is 0 Å². The molecule has 2 rings (SSSR count). The molecule has 0 aliphatic heterocycles. The van der Waals surface area contributed by atoms with Crippen LogP contribution in [0.3, 0.4) is 0 Å². The van der Waals surface area contributed by atoms with Gasteiger partial charge in [-0.05, 0) is 6.92 Å². The molecular weight excluding hydrogens is 298 g/mol. The van der Waals surface area contributed by atoms with E-state index in [-0.39, 0.29) is 16.7 Å². The van der Waals surface area contributed by atoms with Crippen LogP contribution >= 0.6 is 22.9 Å². The van der Waals surface area contributed by atoms with E-state index in [0.717, 1.165) is 4.31 Å². The number of aliphatic hydroxyl groups excluding tert-OH is 1. The van der Waals surface area contributed by atoms with Crippen molar-refractivity contribution in [2.24, 2.45) is 0 Å². The van der Waals surface area contributed by atoms with Crippen LogP contribution < -0.4 is 0 Å². The fourth-order valence-electron chi connectivity index (χ4n) is 1.59. The molecule has 2 aromatic rings. The van der Waals surface area contributed by atoms with Crippen LogP contribution in [0.1, 0.15) is 6.92 Å². The van der Waals surface area contributed by atoms with Crippen molar-refractivity contribution >= 4 is 37.9 Å². The third-order valence-electron chi connectivity index (χ3n) is 2.35. The van der Waals surface area contributed by atoms with Crippen LogP contribution in [0.15, 0.2) is 16.6 Å². The highest BCUT2D eigenvalue weighted by Crippen LogP contribution is 2.27. The van der Waals surface area contributed by atoms with Crippen molar-refractivity contribution in [2.45, 2.75) is 18.1 Å². The molecule has 1 N–H and O–H groups in total. The van der Waals surface area contributed by atoms with Crippen molar-refractivity contribution in [1.29, 1.82) is 0 Å². The van der Waals surface area contributed by atoms with Crippen molar-refractivity contribution in [2.75, 3.05) is 13.6 Å². The average molecular weight is 310 g/mol. The number of hydrogen-bond acceptors (Lipinski definition) is 5. The van der Waals surface area contributed by atoms with Gasteiger partial charge < -0.3 is 5.11 Å². The van der Waals surface area contributed by atoms with E-state index in [1.807, 2.05) is 0 Å². The minimum atomic E-state index is -3.77. The number of halogens is 1. The molecule has 0 amide bonds. The molecule has 0 bridgehead atoms. The second kappa shape index (κ2) is 4.78. The van der Waals surface area contributed by atoms with Gasteiger partial charge in [0.1, 0.15) is 0 Å². The first-order valence-corrected chi connectivity index (χ1v) is 7.79. The third-order valence-corrected chi connectivity index (χ3v) is 5.34. The summed E-state index contributed by atoms with van der Waals surface area (Å²) in [7, 11) is -2.38. The van der Waals surface area contributed by atoms with Crippen LogP contribution in [-0.4, -0.2) is 46.9 Å². The molecule has 0 fully saturated rings. The molecule has 100 valence electrons. The molecule has 6 nitrogen and oxygen atoms in total. The summed E-state index contributed by atoms with van der Waals surface area (Å²) in [6.07, 6.45) is 0.844. The lowest BCUT2D eigenvalue weighted by Gasteiger charge is -2.18. The molecule has 1 atom stereocenters. The summed E-state index contributed by atoms with van der Waals surface area (Å²) in [6.45, 7) is 1.51. The summed E-state index contributed by atoms with van der Waals surface area (Å²) in [5.74, 6) is 0. The highest BCUT2D eigenvalue weighted by atomic mass is 35.5. The number of sulfonamides is 1. The molecule has 0 aliphatic rings. The second-order valence-corrected chi connectivity index (χ2v) is 7.09. The normalized spacial score (nSPS) is 14.5. The third kappa shape index (κ3) is 2.26. The smallest absolute Gasteiger partial charge is 0.262 e. The van der Waals surface area contributed by atoms with Crippen molar-refractivity contribution in [1.82, 2.24) is 13.7 Å². The lowest BCUT2D eigenvalue weighted by Crippen LogP contribution is -2.33. The zero-order valence-corrected chi connectivity index (χ0v) is 12.1. The van der Waals surface area contributed by atoms with E-state index in [1.165, 1.54) is 29.7 Å². The molecule has 2 aromatic heterocycles. The summed E-state index contributed by atoms with van der Waals surface area (Å²) < 4.78 is 27.2. The Balaban J connectivity index is 2.52. The maximum Gasteiger partial charge on any atom is 0.262 e. The van der Waals surface area contributed by atoms with E-state index in [9.17, 15) is 13.5 Å². The van der Waals surface area contributed by atoms with Gasteiger partial charge in [-0.3, -0.25) is 4.40 Å². The Bertz CT molecular complexity index is 662. The van der Waals surface area contributed by atoms with Gasteiger partial charge in [0.25, 0.3) is 10.0 Å². The summed E-state index contributed by atoms with van der Waals surface area (Å²) in [5, 5.41) is 10.9. The van der Waals surface area contributed by atoms with Crippen molar-refractivity contribution in [3.63, 3.8) is 0 Å². The molecule has 0 spiro atoms. The Morgan fingerprint density at radius 2 is 2.33 bits per heavy atom. The van der Waals surface area contributed by atoms with Gasteiger partial charge in [0, 0.05) is 25.2 Å². The van der Waals surface area contributed by atoms with Crippen molar-refractivity contribution in [3.8, 4) is 0 Å². The van der Waals surface area contributed by atoms with Crippen LogP contribution in [0.2, 0.25) is 5.15 Å². The van der Waals surface area contributed by atoms with E-state index >= 15 is 0 Å². The van der Waals surface area contributed by atoms with E-state index < -0.39 is 16.1 Å². The first-order chi connectivity index (χ1) is 8.34. The van der Waals surface area contributed by atoms with Gasteiger partial charge in [-0.15, -0.1) is 11.3 Å². The van der Waals surface area contributed by atoms with E-state index in [1.54, 1.807) is 11.6 Å². The topological polar surface area (TPSA) is 74.9 Å². The summed E-state index contributed by atoms with van der Waals surface area (Å²) in [5.41, 5.74) is 0. The molecule has 0 radical (unpaired) electrons. The van der Waals surface area contributed by atoms with Crippen LogP contribution in [0, 0.1) is 0 Å². The number of aromatic nitrogens is 2. The van der Waals surface area contributed by atoms with E-state index in [4.69, 9.17) is 11.6 Å². The minimum Gasteiger partial charge on any atom is -0.392 e. The summed E-state index contributed by atoms with van der Waals surface area (Å²) >= 11 is 7.18. The van der Waals surface area contributed by atoms with Gasteiger partial charge in [-0.2, -0.15) is 4.31 Å². The molecule has 9 heteroatoms. The lowest BCUT2D eigenvalue weighted by atomic mass is 10.4. The van der Waals surface area contributed by atoms with Crippen LogP contribution in [-0.2, 0) is 10.0 Å². The second-order valence-electron chi connectivity index (χ2n) is 3.90. The van der Waals surface area contributed by atoms with Gasteiger partial charge in [0.05, 0.1) is 6.10 Å². The first kappa shape index (κ1) is 13.8. The van der Waals surface area contributed by atoms with Crippen molar-refractivity contribution in [3.05, 3.63) is 16.7 Å². The summed E-state index contributed by atoms with van der Waals surface area (Å²) in [4.78, 5) is 4.50. The highest BCUT2D eigenvalue weighted by Gasteiger charge is 2.29. The number of likely N-dealkylation sites (N-methyl/N-ethyl adjacent to an activating group) is 1. The molecule has 0 aliphatic carbocycles. The van der Waals surface area contributed by atoms with Gasteiger partial charge >= 0.3 is 0 Å². The number of nitrogens with zero attached hydrogens (tertiary/aromatic N) is 3. The number of imidazole rings is 1. The van der Waals surface area contributed by atoms with Crippen LogP contribution in [0.25, 0.3) is 4.96 Å². The molecule has 18 heavy (non-hydrogen) atoms. The minimum absolute atomic E-state index is 0.00394. The molecule has 1 unspecified atom stereocenters. The number of fused-ring (bicyclic) bond motifs is 1. The highest BCUT2D eigenvalue weighted by molar-refractivity contribution is 7.89. The van der Waals surface area contributed by atoms with E-state index in [0.29, 0.717) is 4.96 Å². The number of thiazole rings is 1. The van der Waals surface area contributed by atoms with Gasteiger partial charge in [0.15, 0.2) is 15.1 Å². The molecule has 0 aromatic carbocycles. The quantitative estimate of drug-likeness (QED) is 0.916. The zero-order chi connectivity index (χ0) is 13.5. The molecular formula is C9H12ClN3O3S2. The fraction of sp³-hybridized carbons (Fsp3) is 0.444. The van der Waals surface area contributed by atoms with Crippen molar-refractivity contribution < 1.29 is 13.5 Å². The molecule has 2 heterocycles.